The van der Waals surface area contributed by atoms with Gasteiger partial charge in [-0.3, -0.25) is 10.1 Å². The third kappa shape index (κ3) is 5.61. The highest BCUT2D eigenvalue weighted by molar-refractivity contribution is 5.88. The molecule has 2 heterocycles. The average molecular weight is 314 g/mol. The maximum Gasteiger partial charge on any atom is 0.229 e. The summed E-state index contributed by atoms with van der Waals surface area (Å²) in [5.74, 6) is 0.858. The third-order valence-electron chi connectivity index (χ3n) is 3.08. The number of aromatic nitrogens is 4. The van der Waals surface area contributed by atoms with Crippen LogP contribution in [0.4, 0.5) is 11.9 Å². The second-order valence-corrected chi connectivity index (χ2v) is 5.53. The summed E-state index contributed by atoms with van der Waals surface area (Å²) >= 11 is 0. The zero-order chi connectivity index (χ0) is 16.8. The lowest BCUT2D eigenvalue weighted by atomic mass is 10.3. The second-order valence-electron chi connectivity index (χ2n) is 5.53. The van der Waals surface area contributed by atoms with Crippen molar-refractivity contribution in [3.63, 3.8) is 0 Å². The van der Waals surface area contributed by atoms with E-state index in [4.69, 9.17) is 0 Å². The lowest BCUT2D eigenvalue weighted by Gasteiger charge is -2.07. The Kier molecular flexibility index (Phi) is 5.56. The van der Waals surface area contributed by atoms with Gasteiger partial charge in [-0.15, -0.1) is 0 Å². The summed E-state index contributed by atoms with van der Waals surface area (Å²) in [4.78, 5) is 28.9. The molecule has 0 atom stereocenters. The molecule has 0 aliphatic carbocycles. The molecule has 0 aliphatic rings. The van der Waals surface area contributed by atoms with Crippen molar-refractivity contribution in [3.8, 4) is 0 Å². The number of nitrogens with one attached hydrogen (secondary N) is 2. The molecule has 7 heteroatoms. The number of carbonyl (C=O) groups excluding carboxylic acids is 1. The first kappa shape index (κ1) is 16.8. The number of anilines is 2. The number of amides is 1. The van der Waals surface area contributed by atoms with E-state index < -0.39 is 0 Å². The molecule has 0 aromatic carbocycles. The molecule has 0 saturated heterocycles. The van der Waals surface area contributed by atoms with Crippen LogP contribution in [0.2, 0.25) is 0 Å². The Bertz CT molecular complexity index is 660. The van der Waals surface area contributed by atoms with Crippen molar-refractivity contribution in [3.05, 3.63) is 34.9 Å². The number of nitrogens with zero attached hydrogens (tertiary/aromatic N) is 4. The number of hydrogen-bond donors (Lipinski definition) is 2. The predicted molar refractivity (Wildman–Crippen MR) is 89.4 cm³/mol. The Hall–Kier alpha value is -2.57. The van der Waals surface area contributed by atoms with Gasteiger partial charge in [-0.25, -0.2) is 19.9 Å². The molecular weight excluding hydrogens is 292 g/mol. The number of carbonyl (C=O) groups is 1. The average Bonchev–Trinajstić information content (AvgIpc) is 2.41. The smallest absolute Gasteiger partial charge is 0.229 e. The highest BCUT2D eigenvalue weighted by atomic mass is 16.1. The van der Waals surface area contributed by atoms with Crippen molar-refractivity contribution in [1.29, 1.82) is 0 Å². The summed E-state index contributed by atoms with van der Waals surface area (Å²) in [6, 6.07) is 3.78. The fraction of sp³-hybridized carbons (Fsp3) is 0.438. The number of aryl methyl sites for hydroxylation is 4. The summed E-state index contributed by atoms with van der Waals surface area (Å²) in [6.07, 6.45) is 1.06. The summed E-state index contributed by atoms with van der Waals surface area (Å²) in [5.41, 5.74) is 3.51. The van der Waals surface area contributed by atoms with Crippen LogP contribution < -0.4 is 10.6 Å². The molecule has 2 aromatic rings. The Balaban J connectivity index is 1.76. The lowest BCUT2D eigenvalue weighted by Crippen LogP contribution is -2.16. The molecule has 2 aromatic heterocycles. The maximum atomic E-state index is 11.9. The summed E-state index contributed by atoms with van der Waals surface area (Å²) < 4.78 is 0. The molecule has 7 nitrogen and oxygen atoms in total. The zero-order valence-electron chi connectivity index (χ0n) is 14.0. The topological polar surface area (TPSA) is 92.7 Å². The van der Waals surface area contributed by atoms with Gasteiger partial charge in [0.1, 0.15) is 0 Å². The van der Waals surface area contributed by atoms with Gasteiger partial charge < -0.3 is 5.32 Å². The van der Waals surface area contributed by atoms with E-state index in [0.717, 1.165) is 22.8 Å². The molecule has 23 heavy (non-hydrogen) atoms. The molecule has 1 amide bonds. The first-order valence-electron chi connectivity index (χ1n) is 7.60. The van der Waals surface area contributed by atoms with Crippen LogP contribution in [-0.4, -0.2) is 32.4 Å². The highest BCUT2D eigenvalue weighted by Crippen LogP contribution is 2.06. The highest BCUT2D eigenvalue weighted by Gasteiger charge is 2.06. The van der Waals surface area contributed by atoms with Crippen LogP contribution in [-0.2, 0) is 4.79 Å². The molecule has 0 spiro atoms. The van der Waals surface area contributed by atoms with Crippen molar-refractivity contribution in [2.75, 3.05) is 17.2 Å². The van der Waals surface area contributed by atoms with Crippen LogP contribution in [0.5, 0.6) is 0 Å². The van der Waals surface area contributed by atoms with E-state index in [2.05, 4.69) is 30.6 Å². The summed E-state index contributed by atoms with van der Waals surface area (Å²) in [6.45, 7) is 8.23. The molecule has 0 radical (unpaired) electrons. The van der Waals surface area contributed by atoms with Crippen LogP contribution >= 0.6 is 0 Å². The number of rotatable bonds is 6. The lowest BCUT2D eigenvalue weighted by molar-refractivity contribution is -0.116. The molecule has 0 unspecified atom stereocenters. The maximum absolute atomic E-state index is 11.9. The van der Waals surface area contributed by atoms with Crippen LogP contribution in [0.25, 0.3) is 0 Å². The van der Waals surface area contributed by atoms with Crippen molar-refractivity contribution in [2.45, 2.75) is 40.5 Å². The van der Waals surface area contributed by atoms with Crippen molar-refractivity contribution in [2.24, 2.45) is 0 Å². The normalized spacial score (nSPS) is 10.4. The largest absolute Gasteiger partial charge is 0.354 e. The van der Waals surface area contributed by atoms with Crippen LogP contribution in [0, 0.1) is 27.7 Å². The van der Waals surface area contributed by atoms with Gasteiger partial charge in [-0.05, 0) is 46.2 Å². The first-order chi connectivity index (χ1) is 10.9. The van der Waals surface area contributed by atoms with Gasteiger partial charge in [0.15, 0.2) is 0 Å². The van der Waals surface area contributed by atoms with Crippen molar-refractivity contribution in [1.82, 2.24) is 19.9 Å². The molecule has 0 fully saturated rings. The molecule has 0 saturated carbocycles. The quantitative estimate of drug-likeness (QED) is 0.795. The minimum atomic E-state index is -0.0989. The standard InChI is InChI=1S/C16H22N6O/c1-10-8-11(2)19-15(18-10)17-7-5-6-14(23)22-16-20-12(3)9-13(4)21-16/h8-9H,5-7H2,1-4H3,(H,17,18,19)(H,20,21,22,23). The SMILES string of the molecule is Cc1cc(C)nc(NCCCC(=O)Nc2nc(C)cc(C)n2)n1. The molecule has 0 bridgehead atoms. The van der Waals surface area contributed by atoms with Crippen molar-refractivity contribution < 1.29 is 4.79 Å². The van der Waals surface area contributed by atoms with E-state index in [-0.39, 0.29) is 5.91 Å². The van der Waals surface area contributed by atoms with Gasteiger partial charge in [0.2, 0.25) is 17.8 Å². The number of hydrogen-bond acceptors (Lipinski definition) is 6. The van der Waals surface area contributed by atoms with E-state index in [0.29, 0.717) is 31.3 Å². The Morgan fingerprint density at radius 2 is 1.35 bits per heavy atom. The van der Waals surface area contributed by atoms with Gasteiger partial charge in [-0.1, -0.05) is 0 Å². The summed E-state index contributed by atoms with van der Waals surface area (Å²) in [7, 11) is 0. The molecular formula is C16H22N6O. The van der Waals surface area contributed by atoms with E-state index in [9.17, 15) is 4.79 Å². The van der Waals surface area contributed by atoms with Gasteiger partial charge in [0.05, 0.1) is 0 Å². The molecule has 2 rings (SSSR count). The van der Waals surface area contributed by atoms with Gasteiger partial charge in [0.25, 0.3) is 0 Å². The van der Waals surface area contributed by atoms with Gasteiger partial charge in [0, 0.05) is 35.7 Å². The minimum absolute atomic E-state index is 0.0989. The minimum Gasteiger partial charge on any atom is -0.354 e. The Morgan fingerprint density at radius 3 is 1.87 bits per heavy atom. The van der Waals surface area contributed by atoms with E-state index in [1.54, 1.807) is 0 Å². The zero-order valence-corrected chi connectivity index (χ0v) is 14.0. The van der Waals surface area contributed by atoms with Gasteiger partial charge in [-0.2, -0.15) is 0 Å². The van der Waals surface area contributed by atoms with Crippen LogP contribution in [0.15, 0.2) is 12.1 Å². The Morgan fingerprint density at radius 1 is 0.870 bits per heavy atom. The van der Waals surface area contributed by atoms with Crippen LogP contribution in [0.1, 0.15) is 35.6 Å². The Labute approximate surface area is 136 Å². The van der Waals surface area contributed by atoms with E-state index >= 15 is 0 Å². The monoisotopic (exact) mass is 314 g/mol. The first-order valence-corrected chi connectivity index (χ1v) is 7.60. The fourth-order valence-electron chi connectivity index (χ4n) is 2.22. The molecule has 0 aliphatic heterocycles. The van der Waals surface area contributed by atoms with Crippen molar-refractivity contribution >= 4 is 17.8 Å². The molecule has 122 valence electrons. The van der Waals surface area contributed by atoms with Gasteiger partial charge >= 0.3 is 0 Å². The van der Waals surface area contributed by atoms with Crippen LogP contribution in [0.3, 0.4) is 0 Å². The second kappa shape index (κ2) is 7.62. The molecule has 2 N–H and O–H groups in total. The van der Waals surface area contributed by atoms with E-state index in [1.165, 1.54) is 0 Å². The third-order valence-corrected chi connectivity index (χ3v) is 3.08. The summed E-state index contributed by atoms with van der Waals surface area (Å²) in [5, 5.41) is 5.85. The predicted octanol–water partition coefficient (Wildman–Crippen LogP) is 2.33. The fourth-order valence-corrected chi connectivity index (χ4v) is 2.22. The van der Waals surface area contributed by atoms with E-state index in [1.807, 2.05) is 39.8 Å².